The molecule has 0 saturated heterocycles. The van der Waals surface area contributed by atoms with E-state index in [1.54, 1.807) is 0 Å². The number of amides is 1. The molecule has 0 aliphatic rings. The Morgan fingerprint density at radius 3 is 2.87 bits per heavy atom. The standard InChI is InChI=1S/C18H21N3OS/c1-12(2)8-9-19-17(22)14-11-23-18(20-14)16-10-13-6-4-5-7-15(13)21(16)3/h4-7,10-12H,8-9H2,1-3H3,(H,19,22). The van der Waals surface area contributed by atoms with Crippen molar-refractivity contribution in [3.63, 3.8) is 0 Å². The normalized spacial score (nSPS) is 11.3. The molecular formula is C18H21N3OS. The third-order valence-corrected chi connectivity index (χ3v) is 4.78. The van der Waals surface area contributed by atoms with Crippen LogP contribution in [0, 0.1) is 5.92 Å². The minimum absolute atomic E-state index is 0.0908. The molecule has 0 radical (unpaired) electrons. The molecule has 0 atom stereocenters. The molecule has 0 saturated carbocycles. The number of nitrogens with one attached hydrogen (secondary N) is 1. The van der Waals surface area contributed by atoms with Crippen molar-refractivity contribution in [2.24, 2.45) is 13.0 Å². The Bertz CT molecular complexity index is 832. The van der Waals surface area contributed by atoms with Gasteiger partial charge in [0.25, 0.3) is 5.91 Å². The van der Waals surface area contributed by atoms with E-state index in [4.69, 9.17) is 0 Å². The zero-order valence-electron chi connectivity index (χ0n) is 13.7. The maximum atomic E-state index is 12.2. The highest BCUT2D eigenvalue weighted by Gasteiger charge is 2.14. The van der Waals surface area contributed by atoms with Crippen LogP contribution in [0.2, 0.25) is 0 Å². The summed E-state index contributed by atoms with van der Waals surface area (Å²) in [6, 6.07) is 10.4. The van der Waals surface area contributed by atoms with Crippen LogP contribution in [0.1, 0.15) is 30.8 Å². The lowest BCUT2D eigenvalue weighted by atomic mass is 10.1. The van der Waals surface area contributed by atoms with Crippen LogP contribution in [-0.2, 0) is 7.05 Å². The first-order valence-corrected chi connectivity index (χ1v) is 8.73. The van der Waals surface area contributed by atoms with Gasteiger partial charge < -0.3 is 9.88 Å². The first-order chi connectivity index (χ1) is 11.1. The fraction of sp³-hybridized carbons (Fsp3) is 0.333. The van der Waals surface area contributed by atoms with E-state index >= 15 is 0 Å². The molecule has 120 valence electrons. The van der Waals surface area contributed by atoms with Crippen molar-refractivity contribution in [1.29, 1.82) is 0 Å². The molecule has 4 nitrogen and oxygen atoms in total. The smallest absolute Gasteiger partial charge is 0.270 e. The van der Waals surface area contributed by atoms with Gasteiger partial charge in [-0.1, -0.05) is 32.0 Å². The minimum Gasteiger partial charge on any atom is -0.351 e. The number of nitrogens with zero attached hydrogens (tertiary/aromatic N) is 2. The Hall–Kier alpha value is -2.14. The van der Waals surface area contributed by atoms with Gasteiger partial charge in [-0.3, -0.25) is 4.79 Å². The van der Waals surface area contributed by atoms with Gasteiger partial charge in [0, 0.05) is 29.9 Å². The van der Waals surface area contributed by atoms with E-state index in [-0.39, 0.29) is 5.91 Å². The second-order valence-electron chi connectivity index (χ2n) is 6.12. The number of carbonyl (C=O) groups excluding carboxylic acids is 1. The van der Waals surface area contributed by atoms with Crippen LogP contribution < -0.4 is 5.32 Å². The van der Waals surface area contributed by atoms with Gasteiger partial charge in [-0.05, 0) is 24.5 Å². The first-order valence-electron chi connectivity index (χ1n) is 7.85. The second-order valence-corrected chi connectivity index (χ2v) is 6.98. The lowest BCUT2D eigenvalue weighted by Crippen LogP contribution is -2.25. The number of para-hydroxylation sites is 1. The SMILES string of the molecule is CC(C)CCNC(=O)c1csc(-c2cc3ccccc3n2C)n1. The number of aromatic nitrogens is 2. The van der Waals surface area contributed by atoms with Crippen molar-refractivity contribution in [1.82, 2.24) is 14.9 Å². The molecule has 2 aromatic heterocycles. The molecule has 0 aliphatic carbocycles. The van der Waals surface area contributed by atoms with Crippen LogP contribution in [0.4, 0.5) is 0 Å². The first kappa shape index (κ1) is 15.7. The van der Waals surface area contributed by atoms with Crippen molar-refractivity contribution in [3.8, 4) is 10.7 Å². The fourth-order valence-electron chi connectivity index (χ4n) is 2.55. The van der Waals surface area contributed by atoms with Gasteiger partial charge in [-0.2, -0.15) is 0 Å². The Labute approximate surface area is 140 Å². The van der Waals surface area contributed by atoms with Gasteiger partial charge >= 0.3 is 0 Å². The van der Waals surface area contributed by atoms with Crippen LogP contribution in [0.25, 0.3) is 21.6 Å². The van der Waals surface area contributed by atoms with E-state index in [0.717, 1.165) is 17.1 Å². The van der Waals surface area contributed by atoms with Gasteiger partial charge in [-0.25, -0.2) is 4.98 Å². The molecule has 3 aromatic rings. The molecule has 2 heterocycles. The number of benzene rings is 1. The summed E-state index contributed by atoms with van der Waals surface area (Å²) in [6.45, 7) is 4.98. The van der Waals surface area contributed by atoms with Gasteiger partial charge in [0.15, 0.2) is 0 Å². The number of fused-ring (bicyclic) bond motifs is 1. The lowest BCUT2D eigenvalue weighted by molar-refractivity contribution is 0.0948. The van der Waals surface area contributed by atoms with Crippen molar-refractivity contribution in [3.05, 3.63) is 41.4 Å². The number of hydrogen-bond acceptors (Lipinski definition) is 3. The third kappa shape index (κ3) is 3.29. The van der Waals surface area contributed by atoms with Crippen LogP contribution in [-0.4, -0.2) is 22.0 Å². The number of thiazole rings is 1. The summed E-state index contributed by atoms with van der Waals surface area (Å²) in [6.07, 6.45) is 0.978. The Morgan fingerprint density at radius 2 is 2.13 bits per heavy atom. The highest BCUT2D eigenvalue weighted by atomic mass is 32.1. The van der Waals surface area contributed by atoms with Crippen molar-refractivity contribution in [2.75, 3.05) is 6.54 Å². The van der Waals surface area contributed by atoms with E-state index in [9.17, 15) is 4.79 Å². The predicted octanol–water partition coefficient (Wildman–Crippen LogP) is 4.08. The number of rotatable bonds is 5. The largest absolute Gasteiger partial charge is 0.351 e. The zero-order chi connectivity index (χ0) is 16.4. The van der Waals surface area contributed by atoms with Crippen LogP contribution in [0.3, 0.4) is 0 Å². The summed E-state index contributed by atoms with van der Waals surface area (Å²) in [5.74, 6) is 0.490. The molecule has 1 N–H and O–H groups in total. The highest BCUT2D eigenvalue weighted by Crippen LogP contribution is 2.29. The van der Waals surface area contributed by atoms with Gasteiger partial charge in [0.1, 0.15) is 10.7 Å². The summed E-state index contributed by atoms with van der Waals surface area (Å²) >= 11 is 1.51. The molecule has 5 heteroatoms. The topological polar surface area (TPSA) is 46.9 Å². The average molecular weight is 327 g/mol. The summed E-state index contributed by atoms with van der Waals surface area (Å²) < 4.78 is 2.12. The summed E-state index contributed by atoms with van der Waals surface area (Å²) in [5, 5.41) is 6.82. The monoisotopic (exact) mass is 327 g/mol. The maximum Gasteiger partial charge on any atom is 0.270 e. The van der Waals surface area contributed by atoms with E-state index in [1.807, 2.05) is 24.6 Å². The summed E-state index contributed by atoms with van der Waals surface area (Å²) in [7, 11) is 2.03. The second kappa shape index (κ2) is 6.54. The molecule has 0 unspecified atom stereocenters. The van der Waals surface area contributed by atoms with E-state index < -0.39 is 0 Å². The average Bonchev–Trinajstić information content (AvgIpc) is 3.12. The fourth-order valence-corrected chi connectivity index (χ4v) is 3.41. The Kier molecular flexibility index (Phi) is 4.48. The maximum absolute atomic E-state index is 12.2. The molecular weight excluding hydrogens is 306 g/mol. The number of aryl methyl sites for hydroxylation is 1. The van der Waals surface area contributed by atoms with E-state index in [1.165, 1.54) is 22.2 Å². The van der Waals surface area contributed by atoms with Crippen LogP contribution in [0.5, 0.6) is 0 Å². The summed E-state index contributed by atoms with van der Waals surface area (Å²) in [4.78, 5) is 16.7. The summed E-state index contributed by atoms with van der Waals surface area (Å²) in [5.41, 5.74) is 2.71. The van der Waals surface area contributed by atoms with Crippen molar-refractivity contribution >= 4 is 28.1 Å². The van der Waals surface area contributed by atoms with Gasteiger partial charge in [0.05, 0.1) is 5.69 Å². The molecule has 1 aromatic carbocycles. The van der Waals surface area contributed by atoms with Gasteiger partial charge in [0.2, 0.25) is 0 Å². The lowest BCUT2D eigenvalue weighted by Gasteiger charge is -2.05. The van der Waals surface area contributed by atoms with Crippen LogP contribution >= 0.6 is 11.3 Å². The van der Waals surface area contributed by atoms with Gasteiger partial charge in [-0.15, -0.1) is 11.3 Å². The molecule has 0 bridgehead atoms. The number of carbonyl (C=O) groups is 1. The molecule has 23 heavy (non-hydrogen) atoms. The van der Waals surface area contributed by atoms with E-state index in [2.05, 4.69) is 46.9 Å². The molecule has 0 aliphatic heterocycles. The quantitative estimate of drug-likeness (QED) is 0.767. The third-order valence-electron chi connectivity index (χ3n) is 3.91. The number of hydrogen-bond donors (Lipinski definition) is 1. The molecule has 0 spiro atoms. The highest BCUT2D eigenvalue weighted by molar-refractivity contribution is 7.13. The van der Waals surface area contributed by atoms with E-state index in [0.29, 0.717) is 18.2 Å². The predicted molar refractivity (Wildman–Crippen MR) is 95.8 cm³/mol. The Morgan fingerprint density at radius 1 is 1.35 bits per heavy atom. The minimum atomic E-state index is -0.0908. The zero-order valence-corrected chi connectivity index (χ0v) is 14.5. The van der Waals surface area contributed by atoms with Crippen molar-refractivity contribution < 1.29 is 4.79 Å². The molecule has 1 amide bonds. The van der Waals surface area contributed by atoms with Crippen LogP contribution in [0.15, 0.2) is 35.7 Å². The molecule has 0 fully saturated rings. The Balaban J connectivity index is 1.80. The van der Waals surface area contributed by atoms with Crippen molar-refractivity contribution in [2.45, 2.75) is 20.3 Å². The molecule has 3 rings (SSSR count).